The van der Waals surface area contributed by atoms with Gasteiger partial charge in [-0.15, -0.1) is 11.3 Å². The van der Waals surface area contributed by atoms with Crippen molar-refractivity contribution in [2.24, 2.45) is 5.73 Å². The lowest BCUT2D eigenvalue weighted by atomic mass is 10.0. The average Bonchev–Trinajstić information content (AvgIpc) is 2.98. The molecule has 1 aromatic heterocycles. The summed E-state index contributed by atoms with van der Waals surface area (Å²) < 4.78 is 23.5. The molecule has 28 heavy (non-hydrogen) atoms. The van der Waals surface area contributed by atoms with Gasteiger partial charge in [-0.1, -0.05) is 6.07 Å². The first-order valence-corrected chi connectivity index (χ1v) is 11.6. The number of amides is 2. The molecule has 9 heteroatoms. The Morgan fingerprint density at radius 2 is 2.00 bits per heavy atom. The zero-order valence-corrected chi connectivity index (χ0v) is 17.6. The smallest absolute Gasteiger partial charge is 0.256 e. The van der Waals surface area contributed by atoms with E-state index in [1.807, 2.05) is 0 Å². The van der Waals surface area contributed by atoms with Crippen LogP contribution in [-0.4, -0.2) is 44.0 Å². The standard InChI is InChI=1S/C19H23N3O4S2/c1-11(2)22-8-7-14-15(10-22)27-19(16(14)17(20)23)21-18(24)12-5-4-6-13(9-12)28(3,25)26/h4-6,9,11H,7-8,10H2,1-3H3,(H2,20,23)(H,21,24). The molecule has 2 amide bonds. The van der Waals surface area contributed by atoms with E-state index in [0.29, 0.717) is 29.6 Å². The maximum absolute atomic E-state index is 12.7. The normalized spacial score (nSPS) is 14.7. The second-order valence-electron chi connectivity index (χ2n) is 7.14. The number of benzene rings is 1. The monoisotopic (exact) mass is 421 g/mol. The number of hydrogen-bond acceptors (Lipinski definition) is 6. The maximum Gasteiger partial charge on any atom is 0.256 e. The Labute approximate surface area is 168 Å². The molecule has 0 atom stereocenters. The highest BCUT2D eigenvalue weighted by Gasteiger charge is 2.28. The topological polar surface area (TPSA) is 110 Å². The van der Waals surface area contributed by atoms with Gasteiger partial charge in [0.25, 0.3) is 11.8 Å². The number of primary amides is 1. The van der Waals surface area contributed by atoms with Crippen molar-refractivity contribution in [3.05, 3.63) is 45.8 Å². The first-order chi connectivity index (χ1) is 13.1. The van der Waals surface area contributed by atoms with Crippen LogP contribution >= 0.6 is 11.3 Å². The largest absolute Gasteiger partial charge is 0.365 e. The molecule has 150 valence electrons. The van der Waals surface area contributed by atoms with Crippen molar-refractivity contribution < 1.29 is 18.0 Å². The van der Waals surface area contributed by atoms with Gasteiger partial charge in [0.2, 0.25) is 0 Å². The van der Waals surface area contributed by atoms with Crippen molar-refractivity contribution in [2.45, 2.75) is 37.8 Å². The van der Waals surface area contributed by atoms with E-state index in [4.69, 9.17) is 5.73 Å². The quantitative estimate of drug-likeness (QED) is 0.770. The van der Waals surface area contributed by atoms with Gasteiger partial charge < -0.3 is 11.1 Å². The number of hydrogen-bond donors (Lipinski definition) is 2. The van der Waals surface area contributed by atoms with E-state index in [1.165, 1.54) is 35.6 Å². The number of nitrogens with two attached hydrogens (primary N) is 1. The summed E-state index contributed by atoms with van der Waals surface area (Å²) in [5.41, 5.74) is 7.05. The highest BCUT2D eigenvalue weighted by atomic mass is 32.2. The fourth-order valence-corrected chi connectivity index (χ4v) is 5.20. The summed E-state index contributed by atoms with van der Waals surface area (Å²) in [5.74, 6) is -1.05. The average molecular weight is 422 g/mol. The molecule has 0 spiro atoms. The third-order valence-electron chi connectivity index (χ3n) is 4.81. The van der Waals surface area contributed by atoms with E-state index in [1.54, 1.807) is 0 Å². The van der Waals surface area contributed by atoms with Gasteiger partial charge in [-0.2, -0.15) is 0 Å². The molecule has 0 aliphatic carbocycles. The van der Waals surface area contributed by atoms with Crippen molar-refractivity contribution in [1.29, 1.82) is 0 Å². The molecule has 0 radical (unpaired) electrons. The second-order valence-corrected chi connectivity index (χ2v) is 10.3. The van der Waals surface area contributed by atoms with Crippen LogP contribution in [0.25, 0.3) is 0 Å². The van der Waals surface area contributed by atoms with Crippen LogP contribution in [-0.2, 0) is 22.8 Å². The summed E-state index contributed by atoms with van der Waals surface area (Å²) in [6.45, 7) is 5.76. The predicted molar refractivity (Wildman–Crippen MR) is 110 cm³/mol. The summed E-state index contributed by atoms with van der Waals surface area (Å²) in [5, 5.41) is 3.17. The summed E-state index contributed by atoms with van der Waals surface area (Å²) >= 11 is 1.35. The number of fused-ring (bicyclic) bond motifs is 1. The zero-order chi connectivity index (χ0) is 20.6. The van der Waals surface area contributed by atoms with Crippen LogP contribution in [0.2, 0.25) is 0 Å². The number of carbonyl (C=O) groups excluding carboxylic acids is 2. The summed E-state index contributed by atoms with van der Waals surface area (Å²) in [6.07, 6.45) is 1.78. The van der Waals surface area contributed by atoms with Crippen LogP contribution in [0.15, 0.2) is 29.2 Å². The molecular weight excluding hydrogens is 398 g/mol. The van der Waals surface area contributed by atoms with Gasteiger partial charge in [-0.05, 0) is 44.0 Å². The molecule has 2 aromatic rings. The van der Waals surface area contributed by atoms with Crippen LogP contribution in [0.5, 0.6) is 0 Å². The molecule has 0 saturated heterocycles. The molecule has 0 unspecified atom stereocenters. The molecule has 1 aliphatic heterocycles. The molecule has 0 saturated carbocycles. The fraction of sp³-hybridized carbons (Fsp3) is 0.368. The summed E-state index contributed by atoms with van der Waals surface area (Å²) in [4.78, 5) is 28.1. The van der Waals surface area contributed by atoms with Crippen molar-refractivity contribution >= 4 is 38.0 Å². The fourth-order valence-electron chi connectivity index (χ4n) is 3.26. The lowest BCUT2D eigenvalue weighted by Gasteiger charge is -2.30. The van der Waals surface area contributed by atoms with Gasteiger partial charge in [-0.3, -0.25) is 14.5 Å². The third kappa shape index (κ3) is 4.11. The predicted octanol–water partition coefficient (Wildman–Crippen LogP) is 2.27. The Hall–Kier alpha value is -2.23. The maximum atomic E-state index is 12.7. The molecule has 7 nitrogen and oxygen atoms in total. The molecule has 3 N–H and O–H groups in total. The lowest BCUT2D eigenvalue weighted by molar-refractivity contribution is 0.0999. The van der Waals surface area contributed by atoms with E-state index < -0.39 is 21.7 Å². The van der Waals surface area contributed by atoms with Gasteiger partial charge >= 0.3 is 0 Å². The van der Waals surface area contributed by atoms with Crippen LogP contribution in [0.4, 0.5) is 5.00 Å². The molecular formula is C19H23N3O4S2. The van der Waals surface area contributed by atoms with E-state index in [-0.39, 0.29) is 10.5 Å². The highest BCUT2D eigenvalue weighted by Crippen LogP contribution is 2.37. The first-order valence-electron chi connectivity index (χ1n) is 8.87. The highest BCUT2D eigenvalue weighted by molar-refractivity contribution is 7.90. The van der Waals surface area contributed by atoms with Crippen LogP contribution in [0.1, 0.15) is 45.0 Å². The molecule has 2 heterocycles. The Bertz CT molecular complexity index is 1040. The number of nitrogens with one attached hydrogen (secondary N) is 1. The van der Waals surface area contributed by atoms with Crippen LogP contribution < -0.4 is 11.1 Å². The van der Waals surface area contributed by atoms with Crippen LogP contribution in [0, 0.1) is 0 Å². The van der Waals surface area contributed by atoms with E-state index in [0.717, 1.165) is 23.2 Å². The molecule has 3 rings (SSSR count). The van der Waals surface area contributed by atoms with Gasteiger partial charge in [-0.25, -0.2) is 8.42 Å². The van der Waals surface area contributed by atoms with Crippen molar-refractivity contribution in [3.8, 4) is 0 Å². The van der Waals surface area contributed by atoms with Crippen LogP contribution in [0.3, 0.4) is 0 Å². The van der Waals surface area contributed by atoms with Crippen molar-refractivity contribution in [2.75, 3.05) is 18.1 Å². The van der Waals surface area contributed by atoms with Gasteiger partial charge in [0, 0.05) is 35.8 Å². The number of rotatable bonds is 5. The molecule has 1 aromatic carbocycles. The Kier molecular flexibility index (Phi) is 5.60. The number of anilines is 1. The van der Waals surface area contributed by atoms with E-state index in [2.05, 4.69) is 24.1 Å². The zero-order valence-electron chi connectivity index (χ0n) is 16.0. The molecule has 0 bridgehead atoms. The Morgan fingerprint density at radius 1 is 1.29 bits per heavy atom. The van der Waals surface area contributed by atoms with Crippen molar-refractivity contribution in [3.63, 3.8) is 0 Å². The van der Waals surface area contributed by atoms with Crippen molar-refractivity contribution in [1.82, 2.24) is 4.90 Å². The molecule has 1 aliphatic rings. The first kappa shape index (κ1) is 20.5. The number of nitrogens with zero attached hydrogens (tertiary/aromatic N) is 1. The summed E-state index contributed by atoms with van der Waals surface area (Å²) in [7, 11) is -3.43. The van der Waals surface area contributed by atoms with Gasteiger partial charge in [0.15, 0.2) is 9.84 Å². The number of carbonyl (C=O) groups is 2. The number of sulfone groups is 1. The lowest BCUT2D eigenvalue weighted by Crippen LogP contribution is -2.35. The SMILES string of the molecule is CC(C)N1CCc2c(sc(NC(=O)c3cccc(S(C)(=O)=O)c3)c2C(N)=O)C1. The number of thiophene rings is 1. The van der Waals surface area contributed by atoms with E-state index >= 15 is 0 Å². The van der Waals surface area contributed by atoms with Gasteiger partial charge in [0.05, 0.1) is 10.5 Å². The molecule has 0 fully saturated rings. The minimum absolute atomic E-state index is 0.0633. The van der Waals surface area contributed by atoms with E-state index in [9.17, 15) is 18.0 Å². The van der Waals surface area contributed by atoms with Gasteiger partial charge in [0.1, 0.15) is 5.00 Å². The Morgan fingerprint density at radius 3 is 2.61 bits per heavy atom. The minimum Gasteiger partial charge on any atom is -0.365 e. The summed E-state index contributed by atoms with van der Waals surface area (Å²) in [6, 6.07) is 6.18. The third-order valence-corrected chi connectivity index (χ3v) is 7.06. The minimum atomic E-state index is -3.43. The Balaban J connectivity index is 1.93. The second kappa shape index (κ2) is 7.65.